The third-order valence-corrected chi connectivity index (χ3v) is 4.58. The normalized spacial score (nSPS) is 10.2. The summed E-state index contributed by atoms with van der Waals surface area (Å²) < 4.78 is 4.95. The summed E-state index contributed by atoms with van der Waals surface area (Å²) in [6.07, 6.45) is 0. The molecule has 0 heterocycles. The molecule has 2 aromatic carbocycles. The Morgan fingerprint density at radius 2 is 1.77 bits per heavy atom. The van der Waals surface area contributed by atoms with Crippen LogP contribution in [0, 0.1) is 24.0 Å². The van der Waals surface area contributed by atoms with Crippen LogP contribution in [0.4, 0.5) is 17.1 Å². The predicted molar refractivity (Wildman–Crippen MR) is 115 cm³/mol. The van der Waals surface area contributed by atoms with E-state index in [2.05, 4.69) is 10.6 Å². The predicted octanol–water partition coefficient (Wildman–Crippen LogP) is 2.51. The van der Waals surface area contributed by atoms with Crippen LogP contribution in [0.5, 0.6) is 0 Å². The average molecular weight is 428 g/mol. The van der Waals surface area contributed by atoms with E-state index in [9.17, 15) is 24.5 Å². The molecule has 10 nitrogen and oxygen atoms in total. The number of nitrogens with one attached hydrogen (secondary N) is 2. The number of carbonyl (C=O) groups is 3. The Kier molecular flexibility index (Phi) is 7.67. The minimum absolute atomic E-state index is 0.0612. The fraction of sp³-hybridized carbons (Fsp3) is 0.286. The van der Waals surface area contributed by atoms with Gasteiger partial charge in [-0.1, -0.05) is 18.2 Å². The molecule has 0 fully saturated rings. The van der Waals surface area contributed by atoms with E-state index in [1.165, 1.54) is 26.2 Å². The summed E-state index contributed by atoms with van der Waals surface area (Å²) in [6, 6.07) is 9.41. The standard InChI is InChI=1S/C21H24N4O6/c1-13-6-5-7-14(2)20(13)23-18(26)11-24(4)19(27)12-31-21(28)15-8-9-16(22-3)17(10-15)25(29)30/h5-10,22H,11-12H2,1-4H3,(H,23,26). The molecule has 0 unspecified atom stereocenters. The van der Waals surface area contributed by atoms with Gasteiger partial charge in [-0.25, -0.2) is 4.79 Å². The van der Waals surface area contributed by atoms with Crippen molar-refractivity contribution in [3.8, 4) is 0 Å². The van der Waals surface area contributed by atoms with E-state index in [1.807, 2.05) is 32.0 Å². The average Bonchev–Trinajstić information content (AvgIpc) is 2.73. The summed E-state index contributed by atoms with van der Waals surface area (Å²) in [4.78, 5) is 48.3. The van der Waals surface area contributed by atoms with Gasteiger partial charge in [0.1, 0.15) is 5.69 Å². The summed E-state index contributed by atoms with van der Waals surface area (Å²) in [6.45, 7) is 2.90. The van der Waals surface area contributed by atoms with Crippen LogP contribution in [-0.2, 0) is 14.3 Å². The van der Waals surface area contributed by atoms with Gasteiger partial charge in [0.2, 0.25) is 5.91 Å². The summed E-state index contributed by atoms with van der Waals surface area (Å²) >= 11 is 0. The number of likely N-dealkylation sites (N-methyl/N-ethyl adjacent to an activating group) is 1. The van der Waals surface area contributed by atoms with Crippen molar-refractivity contribution in [3.05, 3.63) is 63.2 Å². The molecule has 31 heavy (non-hydrogen) atoms. The minimum Gasteiger partial charge on any atom is -0.452 e. The maximum Gasteiger partial charge on any atom is 0.338 e. The van der Waals surface area contributed by atoms with E-state index in [4.69, 9.17) is 4.74 Å². The topological polar surface area (TPSA) is 131 Å². The maximum atomic E-state index is 12.3. The quantitative estimate of drug-likeness (QED) is 0.375. The molecule has 2 amide bonds. The summed E-state index contributed by atoms with van der Waals surface area (Å²) in [7, 11) is 2.93. The molecule has 0 radical (unpaired) electrons. The molecular formula is C21H24N4O6. The number of nitrogens with zero attached hydrogens (tertiary/aromatic N) is 2. The zero-order chi connectivity index (χ0) is 23.1. The number of aryl methyl sites for hydroxylation is 2. The molecule has 0 aliphatic rings. The Morgan fingerprint density at radius 3 is 2.35 bits per heavy atom. The van der Waals surface area contributed by atoms with Gasteiger partial charge < -0.3 is 20.3 Å². The van der Waals surface area contributed by atoms with Crippen molar-refractivity contribution in [3.63, 3.8) is 0 Å². The van der Waals surface area contributed by atoms with Crippen LogP contribution in [0.25, 0.3) is 0 Å². The number of ether oxygens (including phenoxy) is 1. The summed E-state index contributed by atoms with van der Waals surface area (Å²) in [5.41, 5.74) is 2.38. The van der Waals surface area contributed by atoms with Crippen molar-refractivity contribution in [1.82, 2.24) is 4.90 Å². The van der Waals surface area contributed by atoms with Crippen LogP contribution in [0.3, 0.4) is 0 Å². The monoisotopic (exact) mass is 428 g/mol. The van der Waals surface area contributed by atoms with Gasteiger partial charge >= 0.3 is 5.97 Å². The molecule has 2 rings (SSSR count). The minimum atomic E-state index is -0.882. The molecule has 164 valence electrons. The van der Waals surface area contributed by atoms with E-state index in [0.29, 0.717) is 5.69 Å². The molecule has 2 N–H and O–H groups in total. The number of nitro groups is 1. The van der Waals surface area contributed by atoms with Crippen molar-refractivity contribution < 1.29 is 24.0 Å². The van der Waals surface area contributed by atoms with Gasteiger partial charge in [-0.3, -0.25) is 19.7 Å². The Labute approximate surface area is 179 Å². The molecule has 0 spiro atoms. The van der Waals surface area contributed by atoms with Gasteiger partial charge in [0.05, 0.1) is 17.0 Å². The van der Waals surface area contributed by atoms with Crippen molar-refractivity contribution in [2.24, 2.45) is 0 Å². The SMILES string of the molecule is CNc1ccc(C(=O)OCC(=O)N(C)CC(=O)Nc2c(C)cccc2C)cc1[N+](=O)[O-]. The van der Waals surface area contributed by atoms with E-state index in [1.54, 1.807) is 0 Å². The van der Waals surface area contributed by atoms with Crippen LogP contribution in [0.1, 0.15) is 21.5 Å². The molecule has 0 aromatic heterocycles. The molecule has 0 saturated carbocycles. The second-order valence-corrected chi connectivity index (χ2v) is 6.88. The number of anilines is 2. The van der Waals surface area contributed by atoms with E-state index < -0.39 is 29.3 Å². The zero-order valence-electron chi connectivity index (χ0n) is 17.7. The van der Waals surface area contributed by atoms with Gasteiger partial charge in [-0.15, -0.1) is 0 Å². The van der Waals surface area contributed by atoms with Crippen molar-refractivity contribution in [1.29, 1.82) is 0 Å². The van der Waals surface area contributed by atoms with Gasteiger partial charge in [0.15, 0.2) is 6.61 Å². The number of esters is 1. The zero-order valence-corrected chi connectivity index (χ0v) is 17.7. The van der Waals surface area contributed by atoms with Gasteiger partial charge in [0.25, 0.3) is 11.6 Å². The third-order valence-electron chi connectivity index (χ3n) is 4.58. The maximum absolute atomic E-state index is 12.3. The van der Waals surface area contributed by atoms with Crippen LogP contribution < -0.4 is 10.6 Å². The number of nitro benzene ring substituents is 1. The van der Waals surface area contributed by atoms with Crippen LogP contribution in [-0.4, -0.2) is 54.9 Å². The largest absolute Gasteiger partial charge is 0.452 e. The van der Waals surface area contributed by atoms with Crippen molar-refractivity contribution in [2.75, 3.05) is 37.9 Å². The molecule has 0 saturated heterocycles. The lowest BCUT2D eigenvalue weighted by atomic mass is 10.1. The fourth-order valence-electron chi connectivity index (χ4n) is 2.84. The third kappa shape index (κ3) is 6.01. The van der Waals surface area contributed by atoms with E-state index in [-0.39, 0.29) is 23.5 Å². The molecule has 0 bridgehead atoms. The molecular weight excluding hydrogens is 404 g/mol. The highest BCUT2D eigenvalue weighted by Crippen LogP contribution is 2.25. The molecule has 0 atom stereocenters. The summed E-state index contributed by atoms with van der Waals surface area (Å²) in [5.74, 6) is -1.86. The van der Waals surface area contributed by atoms with E-state index >= 15 is 0 Å². The molecule has 2 aromatic rings. The van der Waals surface area contributed by atoms with Crippen molar-refractivity contribution >= 4 is 34.8 Å². The van der Waals surface area contributed by atoms with Crippen LogP contribution in [0.15, 0.2) is 36.4 Å². The molecule has 0 aliphatic carbocycles. The first-order valence-corrected chi connectivity index (χ1v) is 9.37. The summed E-state index contributed by atoms with van der Waals surface area (Å²) in [5, 5.41) is 16.5. The Balaban J connectivity index is 1.93. The number of benzene rings is 2. The Morgan fingerprint density at radius 1 is 1.13 bits per heavy atom. The highest BCUT2D eigenvalue weighted by Gasteiger charge is 2.20. The lowest BCUT2D eigenvalue weighted by molar-refractivity contribution is -0.384. The van der Waals surface area contributed by atoms with Gasteiger partial charge in [-0.2, -0.15) is 0 Å². The Hall–Kier alpha value is -3.95. The first kappa shape index (κ1) is 23.3. The smallest absolute Gasteiger partial charge is 0.338 e. The highest BCUT2D eigenvalue weighted by atomic mass is 16.6. The van der Waals surface area contributed by atoms with E-state index in [0.717, 1.165) is 22.1 Å². The second-order valence-electron chi connectivity index (χ2n) is 6.88. The van der Waals surface area contributed by atoms with Crippen LogP contribution in [0.2, 0.25) is 0 Å². The lowest BCUT2D eigenvalue weighted by Crippen LogP contribution is -2.37. The van der Waals surface area contributed by atoms with Gasteiger partial charge in [0, 0.05) is 25.8 Å². The fourth-order valence-corrected chi connectivity index (χ4v) is 2.84. The number of hydrogen-bond donors (Lipinski definition) is 2. The number of amides is 2. The van der Waals surface area contributed by atoms with Crippen molar-refractivity contribution in [2.45, 2.75) is 13.8 Å². The highest BCUT2D eigenvalue weighted by molar-refractivity contribution is 5.96. The number of hydrogen-bond acceptors (Lipinski definition) is 7. The first-order chi connectivity index (χ1) is 14.6. The first-order valence-electron chi connectivity index (χ1n) is 9.37. The number of carbonyl (C=O) groups excluding carboxylic acids is 3. The molecule has 10 heteroatoms. The Bertz CT molecular complexity index is 1000. The number of rotatable bonds is 8. The second kappa shape index (κ2) is 10.2. The number of para-hydroxylation sites is 1. The lowest BCUT2D eigenvalue weighted by Gasteiger charge is -2.18. The van der Waals surface area contributed by atoms with Gasteiger partial charge in [-0.05, 0) is 37.1 Å². The molecule has 0 aliphatic heterocycles. The van der Waals surface area contributed by atoms with Crippen LogP contribution >= 0.6 is 0 Å².